The van der Waals surface area contributed by atoms with E-state index in [2.05, 4.69) is 0 Å². The monoisotopic (exact) mass is 243 g/mol. The summed E-state index contributed by atoms with van der Waals surface area (Å²) >= 11 is 0. The molecule has 0 N–H and O–H groups in total. The summed E-state index contributed by atoms with van der Waals surface area (Å²) < 4.78 is 5.67. The number of carbonyl (C=O) groups excluding carboxylic acids is 1. The lowest BCUT2D eigenvalue weighted by atomic mass is 9.99. The quantitative estimate of drug-likeness (QED) is 0.745. The topological polar surface area (TPSA) is 29.5 Å². The summed E-state index contributed by atoms with van der Waals surface area (Å²) in [6, 6.07) is 10.1. The van der Waals surface area contributed by atoms with Crippen LogP contribution in [0, 0.1) is 0 Å². The maximum Gasteiger partial charge on any atom is 0.255 e. The van der Waals surface area contributed by atoms with E-state index in [4.69, 9.17) is 4.74 Å². The van der Waals surface area contributed by atoms with Crippen LogP contribution < -0.4 is 0 Å². The Bertz CT molecular complexity index is 498. The van der Waals surface area contributed by atoms with E-state index in [0.717, 1.165) is 5.56 Å². The molecule has 3 rings (SSSR count). The molecule has 1 heterocycles. The van der Waals surface area contributed by atoms with Gasteiger partial charge in [-0.05, 0) is 19.4 Å². The molecule has 3 nitrogen and oxygen atoms in total. The van der Waals surface area contributed by atoms with Crippen molar-refractivity contribution in [3.05, 3.63) is 48.0 Å². The molecule has 2 aliphatic rings. The van der Waals surface area contributed by atoms with E-state index in [9.17, 15) is 4.79 Å². The highest BCUT2D eigenvalue weighted by molar-refractivity contribution is 5.87. The Morgan fingerprint density at radius 3 is 2.50 bits per heavy atom. The number of rotatable bonds is 2. The number of hydrogen-bond acceptors (Lipinski definition) is 2. The van der Waals surface area contributed by atoms with Crippen molar-refractivity contribution in [3.63, 3.8) is 0 Å². The standard InChI is InChI=1S/C15H17NO2/c1-14(2)13(17)16(15(8-9-15)11-18-14)10-12-6-4-3-5-7-12/h3-9H,10-11H2,1-2H3. The molecule has 0 radical (unpaired) electrons. The van der Waals surface area contributed by atoms with Crippen molar-refractivity contribution in [1.82, 2.24) is 4.90 Å². The predicted octanol–water partition coefficient (Wildman–Crippen LogP) is 2.13. The van der Waals surface area contributed by atoms with Gasteiger partial charge in [-0.1, -0.05) is 42.5 Å². The first-order valence-corrected chi connectivity index (χ1v) is 6.24. The molecular formula is C15H17NO2. The highest BCUT2D eigenvalue weighted by Crippen LogP contribution is 2.40. The lowest BCUT2D eigenvalue weighted by Crippen LogP contribution is -2.60. The predicted molar refractivity (Wildman–Crippen MR) is 68.9 cm³/mol. The van der Waals surface area contributed by atoms with Gasteiger partial charge in [-0.15, -0.1) is 0 Å². The van der Waals surface area contributed by atoms with Gasteiger partial charge in [0.2, 0.25) is 0 Å². The Balaban J connectivity index is 1.86. The Kier molecular flexibility index (Phi) is 2.35. The van der Waals surface area contributed by atoms with Gasteiger partial charge in [0.25, 0.3) is 5.91 Å². The first kappa shape index (κ1) is 11.5. The van der Waals surface area contributed by atoms with E-state index in [1.54, 1.807) is 0 Å². The zero-order chi connectivity index (χ0) is 12.8. The van der Waals surface area contributed by atoms with E-state index < -0.39 is 5.60 Å². The Labute approximate surface area is 107 Å². The first-order valence-electron chi connectivity index (χ1n) is 6.24. The molecule has 1 fully saturated rings. The molecule has 1 spiro atoms. The lowest BCUT2D eigenvalue weighted by molar-refractivity contribution is -0.175. The van der Waals surface area contributed by atoms with Crippen molar-refractivity contribution in [2.24, 2.45) is 0 Å². The molecule has 94 valence electrons. The third-order valence-electron chi connectivity index (χ3n) is 3.66. The largest absolute Gasteiger partial charge is 0.363 e. The van der Waals surface area contributed by atoms with Crippen molar-refractivity contribution >= 4 is 5.91 Å². The van der Waals surface area contributed by atoms with Gasteiger partial charge in [0.15, 0.2) is 0 Å². The number of morpholine rings is 1. The minimum absolute atomic E-state index is 0.0580. The number of ether oxygens (including phenoxy) is 1. The van der Waals surface area contributed by atoms with Gasteiger partial charge >= 0.3 is 0 Å². The molecule has 0 bridgehead atoms. The molecule has 0 unspecified atom stereocenters. The molecule has 1 aliphatic heterocycles. The van der Waals surface area contributed by atoms with E-state index in [0.29, 0.717) is 13.2 Å². The molecular weight excluding hydrogens is 226 g/mol. The SMILES string of the molecule is CC1(C)OCC2(C=C2)N(Cc2ccccc2)C1=O. The van der Waals surface area contributed by atoms with Crippen LogP contribution in [0.15, 0.2) is 42.5 Å². The van der Waals surface area contributed by atoms with Gasteiger partial charge in [0, 0.05) is 6.54 Å². The van der Waals surface area contributed by atoms with Gasteiger partial charge in [0.1, 0.15) is 11.1 Å². The number of hydrogen-bond donors (Lipinski definition) is 0. The average molecular weight is 243 g/mol. The summed E-state index contributed by atoms with van der Waals surface area (Å²) in [7, 11) is 0. The van der Waals surface area contributed by atoms with Crippen LogP contribution in [0.1, 0.15) is 19.4 Å². The number of amides is 1. The fraction of sp³-hybridized carbons (Fsp3) is 0.400. The van der Waals surface area contributed by atoms with Crippen molar-refractivity contribution in [1.29, 1.82) is 0 Å². The van der Waals surface area contributed by atoms with E-state index in [-0.39, 0.29) is 11.4 Å². The van der Waals surface area contributed by atoms with Crippen LogP contribution in [0.3, 0.4) is 0 Å². The summed E-state index contributed by atoms with van der Waals surface area (Å²) in [5.74, 6) is 0.0580. The third-order valence-corrected chi connectivity index (χ3v) is 3.66. The molecule has 0 aromatic heterocycles. The lowest BCUT2D eigenvalue weighted by Gasteiger charge is -2.43. The van der Waals surface area contributed by atoms with Crippen molar-refractivity contribution < 1.29 is 9.53 Å². The van der Waals surface area contributed by atoms with Crippen LogP contribution in [-0.2, 0) is 16.1 Å². The van der Waals surface area contributed by atoms with E-state index >= 15 is 0 Å². The van der Waals surface area contributed by atoms with Gasteiger partial charge in [-0.2, -0.15) is 0 Å². The van der Waals surface area contributed by atoms with Crippen LogP contribution in [-0.4, -0.2) is 28.6 Å². The smallest absolute Gasteiger partial charge is 0.255 e. The second-order valence-electron chi connectivity index (χ2n) is 5.50. The number of benzene rings is 1. The maximum absolute atomic E-state index is 12.5. The van der Waals surface area contributed by atoms with Crippen LogP contribution in [0.5, 0.6) is 0 Å². The number of nitrogens with zero attached hydrogens (tertiary/aromatic N) is 1. The Hall–Kier alpha value is -1.61. The molecule has 1 aromatic carbocycles. The molecule has 0 saturated carbocycles. The zero-order valence-electron chi connectivity index (χ0n) is 10.7. The average Bonchev–Trinajstić information content (AvgIpc) is 3.14. The molecule has 0 atom stereocenters. The number of carbonyl (C=O) groups is 1. The van der Waals surface area contributed by atoms with Gasteiger partial charge in [0.05, 0.1) is 6.61 Å². The Morgan fingerprint density at radius 2 is 1.89 bits per heavy atom. The summed E-state index contributed by atoms with van der Waals surface area (Å²) in [6.45, 7) is 4.88. The maximum atomic E-state index is 12.5. The first-order chi connectivity index (χ1) is 8.54. The van der Waals surface area contributed by atoms with Gasteiger partial charge in [-0.3, -0.25) is 4.79 Å². The molecule has 3 heteroatoms. The minimum atomic E-state index is -0.718. The second-order valence-corrected chi connectivity index (χ2v) is 5.50. The van der Waals surface area contributed by atoms with E-state index in [1.165, 1.54) is 0 Å². The minimum Gasteiger partial charge on any atom is -0.363 e. The molecule has 1 aromatic rings. The van der Waals surface area contributed by atoms with Crippen LogP contribution in [0.2, 0.25) is 0 Å². The third kappa shape index (κ3) is 1.75. The van der Waals surface area contributed by atoms with Crippen LogP contribution in [0.25, 0.3) is 0 Å². The normalized spacial score (nSPS) is 23.4. The summed E-state index contributed by atoms with van der Waals surface area (Å²) in [6.07, 6.45) is 4.09. The summed E-state index contributed by atoms with van der Waals surface area (Å²) in [5, 5.41) is 0. The van der Waals surface area contributed by atoms with Gasteiger partial charge in [-0.25, -0.2) is 0 Å². The zero-order valence-corrected chi connectivity index (χ0v) is 10.7. The van der Waals surface area contributed by atoms with Crippen molar-refractivity contribution in [2.75, 3.05) is 6.61 Å². The van der Waals surface area contributed by atoms with Crippen LogP contribution in [0.4, 0.5) is 0 Å². The molecule has 1 amide bonds. The fourth-order valence-electron chi connectivity index (χ4n) is 2.31. The van der Waals surface area contributed by atoms with Crippen molar-refractivity contribution in [2.45, 2.75) is 31.5 Å². The van der Waals surface area contributed by atoms with Gasteiger partial charge < -0.3 is 9.64 Å². The second kappa shape index (κ2) is 3.69. The highest BCUT2D eigenvalue weighted by atomic mass is 16.5. The molecule has 18 heavy (non-hydrogen) atoms. The van der Waals surface area contributed by atoms with Crippen LogP contribution >= 0.6 is 0 Å². The fourth-order valence-corrected chi connectivity index (χ4v) is 2.31. The van der Waals surface area contributed by atoms with E-state index in [1.807, 2.05) is 61.2 Å². The Morgan fingerprint density at radius 1 is 1.22 bits per heavy atom. The summed E-state index contributed by atoms with van der Waals surface area (Å²) in [4.78, 5) is 14.4. The molecule has 1 saturated heterocycles. The van der Waals surface area contributed by atoms with Crippen molar-refractivity contribution in [3.8, 4) is 0 Å². The summed E-state index contributed by atoms with van der Waals surface area (Å²) in [5.41, 5.74) is 0.170. The highest BCUT2D eigenvalue weighted by Gasteiger charge is 2.52. The molecule has 1 aliphatic carbocycles.